The van der Waals surface area contributed by atoms with Crippen LogP contribution in [0, 0.1) is 34.3 Å². The average molecular weight is 861 g/mol. The van der Waals surface area contributed by atoms with Gasteiger partial charge in [0.1, 0.15) is 38.7 Å². The molecule has 0 radical (unpaired) electrons. The lowest BCUT2D eigenvalue weighted by atomic mass is 10.1. The van der Waals surface area contributed by atoms with E-state index in [9.17, 15) is 24.1 Å². The van der Waals surface area contributed by atoms with Crippen LogP contribution in [0.5, 0.6) is 0 Å². The monoisotopic (exact) mass is 858 g/mol. The van der Waals surface area contributed by atoms with Crippen LogP contribution in [-0.2, 0) is 30.7 Å². The van der Waals surface area contributed by atoms with Crippen molar-refractivity contribution >= 4 is 43.4 Å². The molecule has 6 rings (SSSR count). The summed E-state index contributed by atoms with van der Waals surface area (Å²) in [6.45, 7) is 12.9. The van der Waals surface area contributed by atoms with Crippen LogP contribution < -0.4 is 0 Å². The molecular formula is C38H34Br2F2N10O2. The van der Waals surface area contributed by atoms with E-state index in [0.29, 0.717) is 47.8 Å². The molecule has 0 N–H and O–H groups in total. The summed E-state index contributed by atoms with van der Waals surface area (Å²) in [6, 6.07) is 15.7. The lowest BCUT2D eigenvalue weighted by Crippen LogP contribution is -2.09. The van der Waals surface area contributed by atoms with E-state index in [2.05, 4.69) is 64.9 Å². The average Bonchev–Trinajstić information content (AvgIpc) is 3.94. The number of carbonyl (C=O) groups is 1. The van der Waals surface area contributed by atoms with Gasteiger partial charge in [0.2, 0.25) is 0 Å². The second-order valence-electron chi connectivity index (χ2n) is 11.7. The van der Waals surface area contributed by atoms with Crippen molar-refractivity contribution in [2.45, 2.75) is 53.6 Å². The number of aromatic nitrogens is 8. The standard InChI is InChI=1S/C20H19BrFN5O.C18H15BrFN5O/c1-4-26-20(21)14(12-24-26)8-17-10-16(11-23)25-27(17)19-7-6-15(22)9-18(19)13(3)28-5-2;1-3-24-18(19)12(10-22-24)6-15-8-14(9-21)23-25(15)17-5-4-13(20)7-16(17)11(2)26/h6-7,9-10,12H,3-5,8H2,1-2H3;4-5,7-8,10H,3,6H2,1-2H3. The molecule has 0 saturated heterocycles. The van der Waals surface area contributed by atoms with Crippen LogP contribution >= 0.6 is 31.9 Å². The highest BCUT2D eigenvalue weighted by Crippen LogP contribution is 2.28. The number of nitrogens with zero attached hydrogens (tertiary/aromatic N) is 10. The zero-order valence-electron chi connectivity index (χ0n) is 29.8. The summed E-state index contributed by atoms with van der Waals surface area (Å²) in [4.78, 5) is 11.9. The highest BCUT2D eigenvalue weighted by Gasteiger charge is 2.20. The predicted octanol–water partition coefficient (Wildman–Crippen LogP) is 8.12. The number of benzene rings is 2. The maximum Gasteiger partial charge on any atom is 0.163 e. The molecule has 0 atom stereocenters. The van der Waals surface area contributed by atoms with E-state index in [0.717, 1.165) is 39.1 Å². The number of ketones is 1. The topological polar surface area (TPSA) is 145 Å². The van der Waals surface area contributed by atoms with Crippen molar-refractivity contribution in [3.8, 4) is 23.5 Å². The lowest BCUT2D eigenvalue weighted by Gasteiger charge is -2.15. The molecule has 0 unspecified atom stereocenters. The zero-order valence-corrected chi connectivity index (χ0v) is 33.0. The van der Waals surface area contributed by atoms with E-state index in [1.807, 2.05) is 31.5 Å². The SMILES string of the molecule is C=C(OCC)c1cc(F)ccc1-n1nc(C#N)cc1Cc1cnn(CC)c1Br.CCn1ncc(Cc2cc(C#N)nn2-c2ccc(F)cc2C(C)=O)c1Br. The van der Waals surface area contributed by atoms with Gasteiger partial charge >= 0.3 is 0 Å². The summed E-state index contributed by atoms with van der Waals surface area (Å²) in [6.07, 6.45) is 4.46. The maximum atomic E-state index is 13.9. The Kier molecular flexibility index (Phi) is 12.7. The summed E-state index contributed by atoms with van der Waals surface area (Å²) >= 11 is 7.09. The van der Waals surface area contributed by atoms with Crippen molar-refractivity contribution in [3.05, 3.63) is 133 Å². The van der Waals surface area contributed by atoms with Gasteiger partial charge in [-0.2, -0.15) is 30.9 Å². The number of hydrogen-bond acceptors (Lipinski definition) is 8. The fraction of sp³-hybridized carbons (Fsp3) is 0.237. The van der Waals surface area contributed by atoms with E-state index in [1.165, 1.54) is 41.9 Å². The molecule has 0 aliphatic heterocycles. The van der Waals surface area contributed by atoms with E-state index in [-0.39, 0.29) is 22.7 Å². The Labute approximate surface area is 327 Å². The summed E-state index contributed by atoms with van der Waals surface area (Å²) in [5, 5.41) is 35.8. The minimum atomic E-state index is -0.500. The zero-order chi connectivity index (χ0) is 39.1. The van der Waals surface area contributed by atoms with Gasteiger partial charge in [-0.25, -0.2) is 18.1 Å². The largest absolute Gasteiger partial charge is 0.494 e. The second kappa shape index (κ2) is 17.4. The number of hydrogen-bond donors (Lipinski definition) is 0. The molecule has 0 aliphatic rings. The van der Waals surface area contributed by atoms with E-state index in [4.69, 9.17) is 4.74 Å². The fourth-order valence-electron chi connectivity index (χ4n) is 5.65. The molecule has 4 heterocycles. The lowest BCUT2D eigenvalue weighted by molar-refractivity contribution is 0.101. The van der Waals surface area contributed by atoms with Gasteiger partial charge in [0.15, 0.2) is 17.2 Å². The number of rotatable bonds is 12. The molecule has 0 saturated carbocycles. The molecule has 0 spiro atoms. The van der Waals surface area contributed by atoms with Crippen LogP contribution in [0.2, 0.25) is 0 Å². The van der Waals surface area contributed by atoms with Gasteiger partial charge in [-0.1, -0.05) is 6.58 Å². The summed E-state index contributed by atoms with van der Waals surface area (Å²) in [7, 11) is 0. The molecule has 0 fully saturated rings. The van der Waals surface area contributed by atoms with Crippen molar-refractivity contribution in [2.75, 3.05) is 6.61 Å². The molecule has 0 bridgehead atoms. The molecule has 4 aromatic heterocycles. The second-order valence-corrected chi connectivity index (χ2v) is 13.2. The molecule has 6 aromatic rings. The number of halogens is 4. The van der Waals surface area contributed by atoms with Crippen LogP contribution in [0.15, 0.2) is 76.7 Å². The number of ether oxygens (including phenoxy) is 1. The Morgan fingerprint density at radius 3 is 1.61 bits per heavy atom. The van der Waals surface area contributed by atoms with Crippen molar-refractivity contribution in [1.29, 1.82) is 10.5 Å². The van der Waals surface area contributed by atoms with Gasteiger partial charge in [-0.05, 0) is 108 Å². The van der Waals surface area contributed by atoms with Crippen molar-refractivity contribution < 1.29 is 18.3 Å². The molecule has 0 aliphatic carbocycles. The third-order valence-corrected chi connectivity index (χ3v) is 10.0. The minimum Gasteiger partial charge on any atom is -0.494 e. The summed E-state index contributed by atoms with van der Waals surface area (Å²) < 4.78 is 41.5. The Hall–Kier alpha value is -5.71. The van der Waals surface area contributed by atoms with Gasteiger partial charge in [-0.3, -0.25) is 14.2 Å². The number of nitriles is 2. The fourth-order valence-corrected chi connectivity index (χ4v) is 6.82. The minimum absolute atomic E-state index is 0.210. The van der Waals surface area contributed by atoms with Crippen LogP contribution in [0.1, 0.15) is 77.5 Å². The summed E-state index contributed by atoms with van der Waals surface area (Å²) in [5.74, 6) is -0.836. The molecular weight excluding hydrogens is 826 g/mol. The van der Waals surface area contributed by atoms with Gasteiger partial charge < -0.3 is 4.74 Å². The number of carbonyl (C=O) groups excluding carboxylic acids is 1. The van der Waals surface area contributed by atoms with Crippen molar-refractivity contribution in [1.82, 2.24) is 39.1 Å². The number of aryl methyl sites for hydroxylation is 2. The Morgan fingerprint density at radius 1 is 0.778 bits per heavy atom. The molecule has 0 amide bonds. The van der Waals surface area contributed by atoms with Gasteiger partial charge in [0, 0.05) is 48.2 Å². The molecule has 2 aromatic carbocycles. The highest BCUT2D eigenvalue weighted by atomic mass is 79.9. The van der Waals surface area contributed by atoms with Gasteiger partial charge in [0.05, 0.1) is 41.8 Å². The van der Waals surface area contributed by atoms with Gasteiger partial charge in [-0.15, -0.1) is 0 Å². The normalized spacial score (nSPS) is 10.7. The first-order valence-electron chi connectivity index (χ1n) is 16.7. The van der Waals surface area contributed by atoms with Crippen LogP contribution in [0.3, 0.4) is 0 Å². The summed E-state index contributed by atoms with van der Waals surface area (Å²) in [5.41, 5.74) is 5.57. The maximum absolute atomic E-state index is 13.9. The Bertz CT molecular complexity index is 2430. The first-order valence-corrected chi connectivity index (χ1v) is 18.3. The van der Waals surface area contributed by atoms with Gasteiger partial charge in [0.25, 0.3) is 0 Å². The van der Waals surface area contributed by atoms with E-state index < -0.39 is 11.6 Å². The predicted molar refractivity (Wildman–Crippen MR) is 204 cm³/mol. The van der Waals surface area contributed by atoms with E-state index >= 15 is 0 Å². The quantitative estimate of drug-likeness (QED) is 0.0887. The molecule has 12 nitrogen and oxygen atoms in total. The first kappa shape index (κ1) is 39.5. The highest BCUT2D eigenvalue weighted by molar-refractivity contribution is 9.10. The van der Waals surface area contributed by atoms with Crippen molar-refractivity contribution in [3.63, 3.8) is 0 Å². The Morgan fingerprint density at radius 2 is 1.22 bits per heavy atom. The molecule has 16 heteroatoms. The van der Waals surface area contributed by atoms with Crippen LogP contribution in [0.25, 0.3) is 17.1 Å². The Balaban J connectivity index is 0.000000208. The van der Waals surface area contributed by atoms with Crippen molar-refractivity contribution in [2.24, 2.45) is 0 Å². The third kappa shape index (κ3) is 8.56. The molecule has 276 valence electrons. The first-order chi connectivity index (χ1) is 25.9. The molecule has 54 heavy (non-hydrogen) atoms. The number of Topliss-reactive ketones (excluding diaryl/α,β-unsaturated/α-hetero) is 1. The van der Waals surface area contributed by atoms with E-state index in [1.54, 1.807) is 40.0 Å². The van der Waals surface area contributed by atoms with Crippen LogP contribution in [-0.4, -0.2) is 51.5 Å². The smallest absolute Gasteiger partial charge is 0.163 e. The van der Waals surface area contributed by atoms with Crippen LogP contribution in [0.4, 0.5) is 8.78 Å². The third-order valence-electron chi connectivity index (χ3n) is 8.20.